The van der Waals surface area contributed by atoms with Gasteiger partial charge in [0.2, 0.25) is 5.13 Å². The van der Waals surface area contributed by atoms with E-state index < -0.39 is 11.7 Å². The lowest BCUT2D eigenvalue weighted by Crippen LogP contribution is -2.03. The average Bonchev–Trinajstić information content (AvgIpc) is 3.11. The topological polar surface area (TPSA) is 37.6 Å². The lowest BCUT2D eigenvalue weighted by molar-refractivity contribution is -0.137. The fourth-order valence-corrected chi connectivity index (χ4v) is 2.86. The van der Waals surface area contributed by atoms with Gasteiger partial charge in [0.1, 0.15) is 0 Å². The van der Waals surface area contributed by atoms with E-state index in [0.717, 1.165) is 18.6 Å². The molecule has 0 atom stereocenters. The Morgan fingerprint density at radius 1 is 1.00 bits per heavy atom. The number of thiazole rings is 1. The van der Waals surface area contributed by atoms with Gasteiger partial charge in [-0.1, -0.05) is 48.5 Å². The summed E-state index contributed by atoms with van der Waals surface area (Å²) in [6.45, 7) is 0. The molecule has 0 aliphatic carbocycles. The predicted molar refractivity (Wildman–Crippen MR) is 96.4 cm³/mol. The Morgan fingerprint density at radius 2 is 1.73 bits per heavy atom. The summed E-state index contributed by atoms with van der Waals surface area (Å²) in [5.41, 5.74) is 1.68. The van der Waals surface area contributed by atoms with E-state index in [2.05, 4.69) is 15.2 Å². The van der Waals surface area contributed by atoms with E-state index in [1.807, 2.05) is 36.4 Å². The van der Waals surface area contributed by atoms with E-state index in [4.69, 9.17) is 0 Å². The van der Waals surface area contributed by atoms with Crippen molar-refractivity contribution >= 4 is 16.5 Å². The zero-order chi connectivity index (χ0) is 18.4. The molecular formula is C19H14F3N3S. The van der Waals surface area contributed by atoms with Crippen LogP contribution in [0.25, 0.3) is 11.3 Å². The molecule has 3 aromatic rings. The first-order valence-electron chi connectivity index (χ1n) is 7.75. The summed E-state index contributed by atoms with van der Waals surface area (Å²) >= 11 is 1.28. The lowest BCUT2D eigenvalue weighted by atomic mass is 10.1. The highest BCUT2D eigenvalue weighted by Crippen LogP contribution is 2.32. The number of allylic oxidation sites excluding steroid dienone is 1. The first-order valence-corrected chi connectivity index (χ1v) is 8.63. The molecule has 0 fully saturated rings. The standard InChI is InChI=1S/C19H14F3N3S/c20-19(21,22)16-10-8-15(9-11-16)17-13-26-18(24-17)25-23-12-4-7-14-5-2-1-3-6-14/h1-6,8-13H,7H2. The van der Waals surface area contributed by atoms with Gasteiger partial charge in [0.05, 0.1) is 11.3 Å². The molecule has 26 heavy (non-hydrogen) atoms. The van der Waals surface area contributed by atoms with Gasteiger partial charge in [-0.05, 0) is 24.1 Å². The minimum Gasteiger partial charge on any atom is -0.217 e. The van der Waals surface area contributed by atoms with Gasteiger partial charge in [-0.3, -0.25) is 0 Å². The summed E-state index contributed by atoms with van der Waals surface area (Å²) in [7, 11) is 0. The van der Waals surface area contributed by atoms with Crippen LogP contribution in [0.4, 0.5) is 18.3 Å². The van der Waals surface area contributed by atoms with Crippen LogP contribution in [0.15, 0.2) is 82.5 Å². The summed E-state index contributed by atoms with van der Waals surface area (Å²) in [6, 6.07) is 14.9. The van der Waals surface area contributed by atoms with Gasteiger partial charge < -0.3 is 0 Å². The third-order valence-corrected chi connectivity index (χ3v) is 4.24. The number of rotatable bonds is 5. The molecular weight excluding hydrogens is 359 g/mol. The molecule has 0 saturated carbocycles. The van der Waals surface area contributed by atoms with Crippen molar-refractivity contribution < 1.29 is 13.2 Å². The van der Waals surface area contributed by atoms with E-state index in [-0.39, 0.29) is 0 Å². The molecule has 0 aliphatic rings. The van der Waals surface area contributed by atoms with Gasteiger partial charge in [0.25, 0.3) is 0 Å². The molecule has 0 aliphatic heterocycles. The molecule has 3 nitrogen and oxygen atoms in total. The normalized spacial score (nSPS) is 12.3. The number of hydrogen-bond donors (Lipinski definition) is 0. The zero-order valence-corrected chi connectivity index (χ0v) is 14.3. The maximum absolute atomic E-state index is 12.6. The van der Waals surface area contributed by atoms with Crippen LogP contribution in [-0.4, -0.2) is 4.98 Å². The van der Waals surface area contributed by atoms with Crippen LogP contribution >= 0.6 is 11.3 Å². The van der Waals surface area contributed by atoms with Crippen molar-refractivity contribution in [3.05, 3.63) is 83.4 Å². The Morgan fingerprint density at radius 3 is 2.42 bits per heavy atom. The highest BCUT2D eigenvalue weighted by atomic mass is 32.1. The molecule has 0 saturated heterocycles. The number of halogens is 3. The number of aromatic nitrogens is 1. The maximum Gasteiger partial charge on any atom is 0.416 e. The van der Waals surface area contributed by atoms with E-state index >= 15 is 0 Å². The molecule has 0 N–H and O–H groups in total. The molecule has 7 heteroatoms. The molecule has 132 valence electrons. The summed E-state index contributed by atoms with van der Waals surface area (Å²) < 4.78 is 37.8. The number of alkyl halides is 3. The fraction of sp³-hybridized carbons (Fsp3) is 0.105. The van der Waals surface area contributed by atoms with E-state index in [1.54, 1.807) is 11.6 Å². The van der Waals surface area contributed by atoms with Gasteiger partial charge in [0.15, 0.2) is 0 Å². The molecule has 0 spiro atoms. The van der Waals surface area contributed by atoms with Crippen molar-refractivity contribution in [2.24, 2.45) is 10.2 Å². The van der Waals surface area contributed by atoms with Crippen molar-refractivity contribution in [3.63, 3.8) is 0 Å². The largest absolute Gasteiger partial charge is 0.416 e. The fourth-order valence-electron chi connectivity index (χ4n) is 2.21. The van der Waals surface area contributed by atoms with E-state index in [0.29, 0.717) is 16.4 Å². The van der Waals surface area contributed by atoms with Gasteiger partial charge in [-0.2, -0.15) is 18.3 Å². The lowest BCUT2D eigenvalue weighted by Gasteiger charge is -2.06. The van der Waals surface area contributed by atoms with E-state index in [1.165, 1.54) is 29.0 Å². The molecule has 1 aromatic heterocycles. The van der Waals surface area contributed by atoms with Crippen molar-refractivity contribution in [1.82, 2.24) is 4.98 Å². The van der Waals surface area contributed by atoms with Crippen LogP contribution in [0.1, 0.15) is 11.1 Å². The minimum absolute atomic E-state index is 0.448. The molecule has 2 aromatic carbocycles. The molecule has 0 amide bonds. The maximum atomic E-state index is 12.6. The first kappa shape index (κ1) is 18.0. The third-order valence-electron chi connectivity index (χ3n) is 3.51. The van der Waals surface area contributed by atoms with Crippen molar-refractivity contribution in [2.75, 3.05) is 0 Å². The van der Waals surface area contributed by atoms with Crippen LogP contribution in [0.3, 0.4) is 0 Å². The first-order chi connectivity index (χ1) is 12.5. The van der Waals surface area contributed by atoms with Crippen LogP contribution < -0.4 is 0 Å². The van der Waals surface area contributed by atoms with Crippen LogP contribution in [0.2, 0.25) is 0 Å². The second-order valence-electron chi connectivity index (χ2n) is 5.38. The Bertz CT molecular complexity index is 898. The Balaban J connectivity index is 1.61. The van der Waals surface area contributed by atoms with Gasteiger partial charge in [-0.15, -0.1) is 16.5 Å². The highest BCUT2D eigenvalue weighted by Gasteiger charge is 2.30. The van der Waals surface area contributed by atoms with Crippen molar-refractivity contribution in [1.29, 1.82) is 0 Å². The summed E-state index contributed by atoms with van der Waals surface area (Å²) in [5.74, 6) is 0. The average molecular weight is 373 g/mol. The van der Waals surface area contributed by atoms with Crippen molar-refractivity contribution in [3.8, 4) is 11.3 Å². The molecule has 0 radical (unpaired) electrons. The number of azo groups is 1. The third kappa shape index (κ3) is 4.86. The summed E-state index contributed by atoms with van der Waals surface area (Å²) in [6.07, 6.45) is -0.0873. The van der Waals surface area contributed by atoms with Crippen LogP contribution in [-0.2, 0) is 12.6 Å². The second-order valence-corrected chi connectivity index (χ2v) is 6.22. The quantitative estimate of drug-likeness (QED) is 0.460. The Kier molecular flexibility index (Phi) is 5.58. The Hall–Kier alpha value is -2.80. The molecule has 0 bridgehead atoms. The van der Waals surface area contributed by atoms with Crippen molar-refractivity contribution in [2.45, 2.75) is 12.6 Å². The SMILES string of the molecule is FC(F)(F)c1ccc(-c2csc(N=NC=CCc3ccccc3)n2)cc1. The van der Waals surface area contributed by atoms with Gasteiger partial charge in [0, 0.05) is 17.1 Å². The number of hydrogen-bond acceptors (Lipinski definition) is 4. The summed E-state index contributed by atoms with van der Waals surface area (Å²) in [5, 5.41) is 10.1. The Labute approximate surface area is 152 Å². The molecule has 0 unspecified atom stereocenters. The second kappa shape index (κ2) is 8.05. The minimum atomic E-state index is -4.34. The highest BCUT2D eigenvalue weighted by molar-refractivity contribution is 7.13. The molecule has 3 rings (SSSR count). The summed E-state index contributed by atoms with van der Waals surface area (Å²) in [4.78, 5) is 4.27. The smallest absolute Gasteiger partial charge is 0.217 e. The van der Waals surface area contributed by atoms with Gasteiger partial charge >= 0.3 is 6.18 Å². The number of benzene rings is 2. The van der Waals surface area contributed by atoms with Gasteiger partial charge in [-0.25, -0.2) is 4.98 Å². The predicted octanol–water partition coefficient (Wildman–Crippen LogP) is 6.67. The monoisotopic (exact) mass is 373 g/mol. The zero-order valence-electron chi connectivity index (χ0n) is 13.5. The van der Waals surface area contributed by atoms with Crippen LogP contribution in [0, 0.1) is 0 Å². The van der Waals surface area contributed by atoms with Crippen LogP contribution in [0.5, 0.6) is 0 Å². The molecule has 1 heterocycles. The van der Waals surface area contributed by atoms with E-state index in [9.17, 15) is 13.2 Å². The number of nitrogens with zero attached hydrogens (tertiary/aromatic N) is 3.